The maximum atomic E-state index is 12.3. The molecule has 2 atom stereocenters. The number of aromatic nitrogens is 2. The number of hydrogen-bond acceptors (Lipinski definition) is 6. The molecule has 0 saturated carbocycles. The third-order valence-electron chi connectivity index (χ3n) is 6.72. The smallest absolute Gasteiger partial charge is 0.330 e. The molecular weight excluding hydrogens is 428 g/mol. The van der Waals surface area contributed by atoms with Gasteiger partial charge >= 0.3 is 11.7 Å². The molecule has 1 aromatic rings. The maximum Gasteiger partial charge on any atom is 0.330 e. The lowest BCUT2D eigenvalue weighted by molar-refractivity contribution is -0.137. The van der Waals surface area contributed by atoms with E-state index in [4.69, 9.17) is 13.9 Å². The summed E-state index contributed by atoms with van der Waals surface area (Å²) in [6, 6.07) is 0. The first-order chi connectivity index (χ1) is 14.8. The molecule has 0 aromatic carbocycles. The molecule has 2 rings (SSSR count). The SMILES string of the molecule is CCOC(=O)/C=C/C1=C[C@@H](n2cc(C)c(=O)[nH]c2=O)O[C@H]1CO[Si](C)(C)C(C)(C)C(C)C. The van der Waals surface area contributed by atoms with Crippen LogP contribution < -0.4 is 11.2 Å². The first-order valence-electron chi connectivity index (χ1n) is 11.0. The molecular formula is C23H36N2O6Si. The summed E-state index contributed by atoms with van der Waals surface area (Å²) in [5.74, 6) is -0.00736. The van der Waals surface area contributed by atoms with E-state index in [1.165, 1.54) is 16.8 Å². The molecule has 0 spiro atoms. The van der Waals surface area contributed by atoms with E-state index in [-0.39, 0.29) is 11.6 Å². The van der Waals surface area contributed by atoms with Crippen LogP contribution in [-0.4, -0.2) is 43.2 Å². The lowest BCUT2D eigenvalue weighted by Gasteiger charge is -2.43. The van der Waals surface area contributed by atoms with Gasteiger partial charge < -0.3 is 13.9 Å². The quantitative estimate of drug-likeness (QED) is 0.341. The van der Waals surface area contributed by atoms with E-state index in [1.54, 1.807) is 26.0 Å². The van der Waals surface area contributed by atoms with Gasteiger partial charge in [-0.1, -0.05) is 27.7 Å². The van der Waals surface area contributed by atoms with Crippen LogP contribution in [0.3, 0.4) is 0 Å². The van der Waals surface area contributed by atoms with Crippen LogP contribution >= 0.6 is 0 Å². The van der Waals surface area contributed by atoms with Gasteiger partial charge in [-0.15, -0.1) is 0 Å². The third kappa shape index (κ3) is 5.76. The number of carbonyl (C=O) groups excluding carboxylic acids is 1. The number of H-pyrrole nitrogens is 1. The summed E-state index contributed by atoms with van der Waals surface area (Å²) in [6.07, 6.45) is 5.01. The lowest BCUT2D eigenvalue weighted by Crippen LogP contribution is -2.46. The Hall–Kier alpha value is -2.23. The van der Waals surface area contributed by atoms with Gasteiger partial charge in [-0.2, -0.15) is 0 Å². The van der Waals surface area contributed by atoms with E-state index < -0.39 is 37.9 Å². The Morgan fingerprint density at radius 3 is 2.59 bits per heavy atom. The standard InChI is InChI=1S/C23H36N2O6Si/c1-9-29-20(26)11-10-17-12-19(25-13-16(4)21(27)24-22(25)28)31-18(17)14-30-32(7,8)23(5,6)15(2)3/h10-13,15,18-19H,9,14H2,1-8H3,(H,24,27,28)/b11-10+/t18-,19-/m0/s1. The third-order valence-corrected chi connectivity index (χ3v) is 11.3. The number of aryl methyl sites for hydroxylation is 1. The highest BCUT2D eigenvalue weighted by Gasteiger charge is 2.44. The molecule has 1 aromatic heterocycles. The van der Waals surface area contributed by atoms with E-state index in [9.17, 15) is 14.4 Å². The lowest BCUT2D eigenvalue weighted by atomic mass is 9.99. The van der Waals surface area contributed by atoms with E-state index >= 15 is 0 Å². The van der Waals surface area contributed by atoms with Gasteiger partial charge in [0, 0.05) is 17.8 Å². The molecule has 0 fully saturated rings. The van der Waals surface area contributed by atoms with Crippen LogP contribution in [0.1, 0.15) is 46.4 Å². The van der Waals surface area contributed by atoms with Gasteiger partial charge in [-0.3, -0.25) is 14.3 Å². The monoisotopic (exact) mass is 464 g/mol. The van der Waals surface area contributed by atoms with Crippen molar-refractivity contribution < 1.29 is 18.7 Å². The predicted molar refractivity (Wildman–Crippen MR) is 126 cm³/mol. The second-order valence-electron chi connectivity index (χ2n) is 9.44. The summed E-state index contributed by atoms with van der Waals surface area (Å²) in [4.78, 5) is 38.2. The second-order valence-corrected chi connectivity index (χ2v) is 14.0. The van der Waals surface area contributed by atoms with E-state index in [1.807, 2.05) is 0 Å². The Morgan fingerprint density at radius 2 is 2.00 bits per heavy atom. The zero-order chi connectivity index (χ0) is 24.3. The van der Waals surface area contributed by atoms with Gasteiger partial charge in [0.1, 0.15) is 6.10 Å². The fourth-order valence-corrected chi connectivity index (χ4v) is 5.63. The van der Waals surface area contributed by atoms with Crippen LogP contribution in [0.15, 0.2) is 39.6 Å². The Labute approximate surface area is 190 Å². The van der Waals surface area contributed by atoms with Crippen LogP contribution in [0.4, 0.5) is 0 Å². The molecule has 9 heteroatoms. The van der Waals surface area contributed by atoms with Crippen molar-refractivity contribution in [1.29, 1.82) is 0 Å². The normalized spacial score (nSPS) is 19.6. The van der Waals surface area contributed by atoms with Gasteiger partial charge in [0.15, 0.2) is 14.5 Å². The first-order valence-corrected chi connectivity index (χ1v) is 13.9. The molecule has 1 N–H and O–H groups in total. The molecule has 8 nitrogen and oxygen atoms in total. The average Bonchev–Trinajstić information content (AvgIpc) is 3.10. The number of carbonyl (C=O) groups is 1. The van der Waals surface area contributed by atoms with Crippen LogP contribution in [0, 0.1) is 12.8 Å². The Morgan fingerprint density at radius 1 is 1.34 bits per heavy atom. The van der Waals surface area contributed by atoms with Crippen molar-refractivity contribution in [3.05, 3.63) is 56.4 Å². The number of nitrogens with zero attached hydrogens (tertiary/aromatic N) is 1. The summed E-state index contributed by atoms with van der Waals surface area (Å²) >= 11 is 0. The van der Waals surface area contributed by atoms with Crippen LogP contribution in [0.2, 0.25) is 18.1 Å². The average molecular weight is 465 g/mol. The number of nitrogens with one attached hydrogen (secondary N) is 1. The summed E-state index contributed by atoms with van der Waals surface area (Å²) < 4.78 is 18.9. The van der Waals surface area contributed by atoms with Crippen molar-refractivity contribution in [3.63, 3.8) is 0 Å². The van der Waals surface area contributed by atoms with Crippen molar-refractivity contribution in [3.8, 4) is 0 Å². The summed E-state index contributed by atoms with van der Waals surface area (Å²) in [7, 11) is -2.12. The van der Waals surface area contributed by atoms with Crippen molar-refractivity contribution in [2.24, 2.45) is 5.92 Å². The summed E-state index contributed by atoms with van der Waals surface area (Å²) in [5.41, 5.74) is 0.120. The van der Waals surface area contributed by atoms with Crippen molar-refractivity contribution in [2.45, 2.75) is 72.0 Å². The molecule has 0 aliphatic carbocycles. The zero-order valence-corrected chi connectivity index (χ0v) is 21.4. The van der Waals surface area contributed by atoms with Crippen LogP contribution in [0.5, 0.6) is 0 Å². The number of ether oxygens (including phenoxy) is 2. The minimum absolute atomic E-state index is 0.0304. The van der Waals surface area contributed by atoms with Crippen LogP contribution in [-0.2, 0) is 18.7 Å². The topological polar surface area (TPSA) is 99.6 Å². The molecule has 0 unspecified atom stereocenters. The Balaban J connectivity index is 2.32. The number of aromatic amines is 1. The van der Waals surface area contributed by atoms with Crippen molar-refractivity contribution >= 4 is 14.3 Å². The molecule has 0 amide bonds. The first kappa shape index (κ1) is 26.0. The minimum atomic E-state index is -2.12. The number of rotatable bonds is 9. The molecule has 32 heavy (non-hydrogen) atoms. The molecule has 1 aliphatic heterocycles. The Bertz CT molecular complexity index is 1000. The predicted octanol–water partition coefficient (Wildman–Crippen LogP) is 3.45. The molecule has 0 radical (unpaired) electrons. The molecule has 2 heterocycles. The highest BCUT2D eigenvalue weighted by atomic mass is 28.4. The van der Waals surface area contributed by atoms with E-state index in [0.717, 1.165) is 0 Å². The molecule has 0 bridgehead atoms. The van der Waals surface area contributed by atoms with Gasteiger partial charge in [-0.05, 0) is 55.6 Å². The summed E-state index contributed by atoms with van der Waals surface area (Å²) in [5, 5.41) is 0.0304. The minimum Gasteiger partial charge on any atom is -0.463 e. The molecule has 1 aliphatic rings. The van der Waals surface area contributed by atoms with Crippen LogP contribution in [0.25, 0.3) is 0 Å². The maximum absolute atomic E-state index is 12.3. The number of hydrogen-bond donors (Lipinski definition) is 1. The zero-order valence-electron chi connectivity index (χ0n) is 20.4. The highest BCUT2D eigenvalue weighted by molar-refractivity contribution is 6.74. The Kier molecular flexibility index (Phi) is 8.25. The van der Waals surface area contributed by atoms with Gasteiger partial charge in [0.25, 0.3) is 5.56 Å². The number of esters is 1. The molecule has 178 valence electrons. The summed E-state index contributed by atoms with van der Waals surface area (Å²) in [6.45, 7) is 17.1. The molecule has 0 saturated heterocycles. The largest absolute Gasteiger partial charge is 0.463 e. The highest BCUT2D eigenvalue weighted by Crippen LogP contribution is 2.45. The van der Waals surface area contributed by atoms with Gasteiger partial charge in [0.2, 0.25) is 0 Å². The van der Waals surface area contributed by atoms with Gasteiger partial charge in [0.05, 0.1) is 13.2 Å². The van der Waals surface area contributed by atoms with Gasteiger partial charge in [-0.25, -0.2) is 9.59 Å². The second kappa shape index (κ2) is 10.1. The van der Waals surface area contributed by atoms with Crippen molar-refractivity contribution in [2.75, 3.05) is 13.2 Å². The van der Waals surface area contributed by atoms with Crippen molar-refractivity contribution in [1.82, 2.24) is 9.55 Å². The van der Waals surface area contributed by atoms with E-state index in [2.05, 4.69) is 45.8 Å². The van der Waals surface area contributed by atoms with E-state index in [0.29, 0.717) is 23.7 Å². The fourth-order valence-electron chi connectivity index (χ4n) is 3.30. The fraction of sp³-hybridized carbons (Fsp3) is 0.609.